The molecule has 1 aliphatic heterocycles. The van der Waals surface area contributed by atoms with Crippen molar-refractivity contribution in [1.29, 1.82) is 0 Å². The molecule has 4 nitrogen and oxygen atoms in total. The minimum atomic E-state index is -0.0107. The first-order valence-electron chi connectivity index (χ1n) is 8.49. The molecule has 2 heterocycles. The maximum absolute atomic E-state index is 12.7. The van der Waals surface area contributed by atoms with Gasteiger partial charge in [-0.3, -0.25) is 4.79 Å². The van der Waals surface area contributed by atoms with Crippen LogP contribution in [0.3, 0.4) is 0 Å². The lowest BCUT2D eigenvalue weighted by molar-refractivity contribution is 0.0733. The largest absolute Gasteiger partial charge is 0.504 e. The highest BCUT2D eigenvalue weighted by atomic mass is 32.1. The number of phenolic OH excluding ortho intramolecular Hbond substituents is 1. The van der Waals surface area contributed by atoms with Crippen LogP contribution in [0.4, 0.5) is 0 Å². The lowest BCUT2D eigenvalue weighted by Gasteiger charge is -2.19. The van der Waals surface area contributed by atoms with Crippen LogP contribution in [0.5, 0.6) is 11.5 Å². The van der Waals surface area contributed by atoms with Crippen molar-refractivity contribution in [2.45, 2.75) is 13.5 Å². The molecular weight excluding hydrogens is 346 g/mol. The van der Waals surface area contributed by atoms with Gasteiger partial charge in [0.15, 0.2) is 11.5 Å². The van der Waals surface area contributed by atoms with Crippen molar-refractivity contribution >= 4 is 17.2 Å². The highest BCUT2D eigenvalue weighted by Gasteiger charge is 2.24. The number of hydrogen-bond acceptors (Lipinski definition) is 4. The van der Waals surface area contributed by atoms with E-state index in [0.29, 0.717) is 31.0 Å². The quantitative estimate of drug-likeness (QED) is 0.729. The van der Waals surface area contributed by atoms with Crippen LogP contribution in [0.2, 0.25) is 0 Å². The summed E-state index contributed by atoms with van der Waals surface area (Å²) >= 11 is 1.51. The van der Waals surface area contributed by atoms with E-state index in [1.807, 2.05) is 54.1 Å². The van der Waals surface area contributed by atoms with E-state index in [4.69, 9.17) is 4.74 Å². The number of benzene rings is 2. The molecule has 4 rings (SSSR count). The molecule has 0 unspecified atom stereocenters. The monoisotopic (exact) mass is 365 g/mol. The van der Waals surface area contributed by atoms with Crippen molar-refractivity contribution in [3.05, 3.63) is 69.9 Å². The predicted octanol–water partition coefficient (Wildman–Crippen LogP) is 4.46. The van der Waals surface area contributed by atoms with Gasteiger partial charge in [0.05, 0.1) is 12.1 Å². The maximum atomic E-state index is 12.7. The number of nitrogens with zero attached hydrogens (tertiary/aromatic N) is 1. The van der Waals surface area contributed by atoms with Gasteiger partial charge in [-0.05, 0) is 47.2 Å². The standard InChI is InChI=1S/C21H19NO3S/c1-14-4-2-3-5-18(14)16-10-17-12-22(21(24)15-6-9-26-13-15)7-8-25-20(17)19(23)11-16/h2-6,9-11,13,23H,7-8,12H2,1H3. The third kappa shape index (κ3) is 3.06. The van der Waals surface area contributed by atoms with Gasteiger partial charge in [-0.15, -0.1) is 0 Å². The van der Waals surface area contributed by atoms with Gasteiger partial charge in [0.25, 0.3) is 5.91 Å². The van der Waals surface area contributed by atoms with Crippen molar-refractivity contribution < 1.29 is 14.6 Å². The number of phenols is 1. The van der Waals surface area contributed by atoms with Gasteiger partial charge in [0.1, 0.15) is 6.61 Å². The first-order chi connectivity index (χ1) is 12.6. The number of amides is 1. The molecule has 0 radical (unpaired) electrons. The molecule has 132 valence electrons. The van der Waals surface area contributed by atoms with Crippen LogP contribution in [-0.4, -0.2) is 29.1 Å². The Labute approximate surface area is 156 Å². The maximum Gasteiger partial charge on any atom is 0.255 e. The summed E-state index contributed by atoms with van der Waals surface area (Å²) in [7, 11) is 0. The third-order valence-corrected chi connectivity index (χ3v) is 5.31. The molecule has 1 aliphatic rings. The van der Waals surface area contributed by atoms with E-state index in [1.54, 1.807) is 11.0 Å². The fourth-order valence-electron chi connectivity index (χ4n) is 3.29. The van der Waals surface area contributed by atoms with Gasteiger partial charge in [-0.2, -0.15) is 11.3 Å². The highest BCUT2D eigenvalue weighted by Crippen LogP contribution is 2.38. The first kappa shape index (κ1) is 16.7. The van der Waals surface area contributed by atoms with Crippen LogP contribution >= 0.6 is 11.3 Å². The first-order valence-corrected chi connectivity index (χ1v) is 9.44. The molecule has 0 aliphatic carbocycles. The van der Waals surface area contributed by atoms with Crippen LogP contribution in [0.1, 0.15) is 21.5 Å². The van der Waals surface area contributed by atoms with Crippen LogP contribution in [-0.2, 0) is 6.54 Å². The summed E-state index contributed by atoms with van der Waals surface area (Å²) in [6.45, 7) is 3.31. The Balaban J connectivity index is 1.72. The smallest absolute Gasteiger partial charge is 0.255 e. The van der Waals surface area contributed by atoms with Crippen molar-refractivity contribution in [2.75, 3.05) is 13.2 Å². The Morgan fingerprint density at radius 2 is 2.08 bits per heavy atom. The second-order valence-electron chi connectivity index (χ2n) is 6.39. The Morgan fingerprint density at radius 1 is 1.23 bits per heavy atom. The molecule has 0 fully saturated rings. The Kier molecular flexibility index (Phi) is 4.39. The van der Waals surface area contributed by atoms with E-state index in [-0.39, 0.29) is 11.7 Å². The zero-order valence-corrected chi connectivity index (χ0v) is 15.3. The van der Waals surface area contributed by atoms with Crippen LogP contribution in [0.15, 0.2) is 53.2 Å². The Hall–Kier alpha value is -2.79. The van der Waals surface area contributed by atoms with Crippen molar-refractivity contribution in [2.24, 2.45) is 0 Å². The molecule has 0 saturated heterocycles. The fourth-order valence-corrected chi connectivity index (χ4v) is 3.92. The van der Waals surface area contributed by atoms with Gasteiger partial charge in [-0.1, -0.05) is 24.3 Å². The molecule has 3 aromatic rings. The highest BCUT2D eigenvalue weighted by molar-refractivity contribution is 7.08. The Morgan fingerprint density at radius 3 is 2.85 bits per heavy atom. The molecule has 0 spiro atoms. The van der Waals surface area contributed by atoms with Crippen LogP contribution in [0.25, 0.3) is 11.1 Å². The zero-order valence-electron chi connectivity index (χ0n) is 14.4. The van der Waals surface area contributed by atoms with Crippen molar-refractivity contribution in [3.63, 3.8) is 0 Å². The van der Waals surface area contributed by atoms with Crippen molar-refractivity contribution in [3.8, 4) is 22.6 Å². The molecule has 0 bridgehead atoms. The number of fused-ring (bicyclic) bond motifs is 1. The molecule has 0 atom stereocenters. The molecular formula is C21H19NO3S. The summed E-state index contributed by atoms with van der Waals surface area (Å²) in [6, 6.07) is 13.6. The number of aromatic hydroxyl groups is 1. The fraction of sp³-hybridized carbons (Fsp3) is 0.190. The number of rotatable bonds is 2. The van der Waals surface area contributed by atoms with Crippen LogP contribution < -0.4 is 4.74 Å². The summed E-state index contributed by atoms with van der Waals surface area (Å²) in [6.07, 6.45) is 0. The average molecular weight is 365 g/mol. The second-order valence-corrected chi connectivity index (χ2v) is 7.17. The zero-order chi connectivity index (χ0) is 18.1. The second kappa shape index (κ2) is 6.84. The van der Waals surface area contributed by atoms with Crippen molar-refractivity contribution in [1.82, 2.24) is 4.90 Å². The third-order valence-electron chi connectivity index (χ3n) is 4.63. The molecule has 1 aromatic heterocycles. The summed E-state index contributed by atoms with van der Waals surface area (Å²) in [5.41, 5.74) is 4.63. The molecule has 1 amide bonds. The molecule has 0 saturated carbocycles. The Bertz CT molecular complexity index is 950. The number of carbonyl (C=O) groups is 1. The molecule has 26 heavy (non-hydrogen) atoms. The van der Waals surface area contributed by atoms with E-state index in [0.717, 1.165) is 22.3 Å². The number of carbonyl (C=O) groups excluding carboxylic acids is 1. The van der Waals surface area contributed by atoms with E-state index in [9.17, 15) is 9.90 Å². The summed E-state index contributed by atoms with van der Waals surface area (Å²) in [4.78, 5) is 14.5. The number of hydrogen-bond donors (Lipinski definition) is 1. The molecule has 2 aromatic carbocycles. The predicted molar refractivity (Wildman–Crippen MR) is 103 cm³/mol. The molecule has 1 N–H and O–H groups in total. The van der Waals surface area contributed by atoms with Gasteiger partial charge in [-0.25, -0.2) is 0 Å². The van der Waals surface area contributed by atoms with E-state index < -0.39 is 0 Å². The summed E-state index contributed by atoms with van der Waals surface area (Å²) in [5, 5.41) is 14.3. The topological polar surface area (TPSA) is 49.8 Å². The minimum absolute atomic E-state index is 0.0107. The van der Waals surface area contributed by atoms with E-state index in [2.05, 4.69) is 0 Å². The molecule has 5 heteroatoms. The number of aryl methyl sites for hydroxylation is 1. The van der Waals surface area contributed by atoms with Gasteiger partial charge in [0.2, 0.25) is 0 Å². The average Bonchev–Trinajstić information content (AvgIpc) is 3.08. The summed E-state index contributed by atoms with van der Waals surface area (Å²) < 4.78 is 5.76. The van der Waals surface area contributed by atoms with Gasteiger partial charge < -0.3 is 14.7 Å². The lowest BCUT2D eigenvalue weighted by atomic mass is 9.97. The number of thiophene rings is 1. The lowest BCUT2D eigenvalue weighted by Crippen LogP contribution is -2.32. The SMILES string of the molecule is Cc1ccccc1-c1cc(O)c2c(c1)CN(C(=O)c1ccsc1)CCO2. The minimum Gasteiger partial charge on any atom is -0.504 e. The van der Waals surface area contributed by atoms with Crippen LogP contribution in [0, 0.1) is 6.92 Å². The van der Waals surface area contributed by atoms with E-state index >= 15 is 0 Å². The number of ether oxygens (including phenoxy) is 1. The normalized spacial score (nSPS) is 13.7. The van der Waals surface area contributed by atoms with Gasteiger partial charge >= 0.3 is 0 Å². The van der Waals surface area contributed by atoms with Gasteiger partial charge in [0, 0.05) is 17.5 Å². The van der Waals surface area contributed by atoms with E-state index in [1.165, 1.54) is 11.3 Å². The summed E-state index contributed by atoms with van der Waals surface area (Å²) in [5.74, 6) is 0.581.